The molecule has 2 amide bonds. The molecule has 0 heterocycles. The Morgan fingerprint density at radius 3 is 2.48 bits per heavy atom. The van der Waals surface area contributed by atoms with Gasteiger partial charge in [0.05, 0.1) is 6.54 Å². The minimum Gasteiger partial charge on any atom is -0.483 e. The Labute approximate surface area is 161 Å². The molecule has 0 unspecified atom stereocenters. The fourth-order valence-electron chi connectivity index (χ4n) is 2.73. The molecule has 2 aromatic carbocycles. The summed E-state index contributed by atoms with van der Waals surface area (Å²) in [5.41, 5.74) is 3.80. The third-order valence-electron chi connectivity index (χ3n) is 4.29. The first kappa shape index (κ1) is 20.5. The van der Waals surface area contributed by atoms with Crippen LogP contribution in [0.1, 0.15) is 30.0 Å². The largest absolute Gasteiger partial charge is 0.483 e. The van der Waals surface area contributed by atoms with Crippen molar-refractivity contribution in [3.8, 4) is 5.75 Å². The molecule has 0 fully saturated rings. The molecule has 2 rings (SSSR count). The van der Waals surface area contributed by atoms with Crippen LogP contribution in [-0.2, 0) is 9.59 Å². The van der Waals surface area contributed by atoms with Crippen LogP contribution in [0.5, 0.6) is 5.75 Å². The first-order chi connectivity index (χ1) is 12.9. The predicted molar refractivity (Wildman–Crippen MR) is 108 cm³/mol. The number of hydrogen-bond donors (Lipinski definition) is 1. The van der Waals surface area contributed by atoms with Crippen molar-refractivity contribution in [3.63, 3.8) is 0 Å². The summed E-state index contributed by atoms with van der Waals surface area (Å²) in [7, 11) is 0. The standard InChI is InChI=1S/C22H28N2O3/c1-5-12-24(14-21(25)23-19-9-7-6-8-17(19)3)22(26)15-27-20-13-16(2)10-11-18(20)4/h6-11,13H,5,12,14-15H2,1-4H3,(H,23,25). The third-order valence-corrected chi connectivity index (χ3v) is 4.29. The fraction of sp³-hybridized carbons (Fsp3) is 0.364. The number of nitrogens with one attached hydrogen (secondary N) is 1. The number of para-hydroxylation sites is 1. The second-order valence-electron chi connectivity index (χ2n) is 6.74. The lowest BCUT2D eigenvalue weighted by Gasteiger charge is -2.22. The fourth-order valence-corrected chi connectivity index (χ4v) is 2.73. The zero-order valence-corrected chi connectivity index (χ0v) is 16.5. The summed E-state index contributed by atoms with van der Waals surface area (Å²) in [5, 5.41) is 2.87. The molecule has 27 heavy (non-hydrogen) atoms. The van der Waals surface area contributed by atoms with Gasteiger partial charge in [-0.3, -0.25) is 9.59 Å². The van der Waals surface area contributed by atoms with E-state index in [-0.39, 0.29) is 25.0 Å². The van der Waals surface area contributed by atoms with E-state index >= 15 is 0 Å². The van der Waals surface area contributed by atoms with Crippen molar-refractivity contribution in [2.45, 2.75) is 34.1 Å². The first-order valence-corrected chi connectivity index (χ1v) is 9.24. The predicted octanol–water partition coefficient (Wildman–Crippen LogP) is 3.87. The summed E-state index contributed by atoms with van der Waals surface area (Å²) < 4.78 is 5.70. The highest BCUT2D eigenvalue weighted by molar-refractivity contribution is 5.95. The maximum absolute atomic E-state index is 12.6. The molecule has 0 atom stereocenters. The molecule has 0 aromatic heterocycles. The van der Waals surface area contributed by atoms with Crippen molar-refractivity contribution in [3.05, 3.63) is 59.2 Å². The molecule has 144 valence electrons. The van der Waals surface area contributed by atoms with Crippen molar-refractivity contribution in [2.24, 2.45) is 0 Å². The van der Waals surface area contributed by atoms with E-state index in [9.17, 15) is 9.59 Å². The maximum atomic E-state index is 12.6. The van der Waals surface area contributed by atoms with Gasteiger partial charge in [-0.15, -0.1) is 0 Å². The molecular formula is C22H28N2O3. The van der Waals surface area contributed by atoms with Gasteiger partial charge in [0.2, 0.25) is 5.91 Å². The van der Waals surface area contributed by atoms with Gasteiger partial charge >= 0.3 is 0 Å². The summed E-state index contributed by atoms with van der Waals surface area (Å²) in [6.45, 7) is 8.27. The van der Waals surface area contributed by atoms with Gasteiger partial charge in [0.1, 0.15) is 5.75 Å². The van der Waals surface area contributed by atoms with E-state index in [1.807, 2.05) is 70.2 Å². The number of benzene rings is 2. The highest BCUT2D eigenvalue weighted by Crippen LogP contribution is 2.19. The molecule has 2 aromatic rings. The summed E-state index contributed by atoms with van der Waals surface area (Å²) in [6, 6.07) is 13.5. The lowest BCUT2D eigenvalue weighted by Crippen LogP contribution is -2.41. The topological polar surface area (TPSA) is 58.6 Å². The van der Waals surface area contributed by atoms with Gasteiger partial charge in [0, 0.05) is 12.2 Å². The molecule has 0 saturated carbocycles. The highest BCUT2D eigenvalue weighted by atomic mass is 16.5. The lowest BCUT2D eigenvalue weighted by molar-refractivity contribution is -0.136. The second-order valence-corrected chi connectivity index (χ2v) is 6.74. The highest BCUT2D eigenvalue weighted by Gasteiger charge is 2.18. The Balaban J connectivity index is 1.96. The van der Waals surface area contributed by atoms with Crippen LogP contribution in [0.3, 0.4) is 0 Å². The Kier molecular flexibility index (Phi) is 7.41. The van der Waals surface area contributed by atoms with Crippen LogP contribution in [0.15, 0.2) is 42.5 Å². The number of amides is 2. The van der Waals surface area contributed by atoms with Crippen LogP contribution in [0.2, 0.25) is 0 Å². The lowest BCUT2D eigenvalue weighted by atomic mass is 10.1. The number of carbonyl (C=O) groups excluding carboxylic acids is 2. The van der Waals surface area contributed by atoms with Gasteiger partial charge in [-0.05, 0) is 56.0 Å². The van der Waals surface area contributed by atoms with Gasteiger partial charge in [-0.25, -0.2) is 0 Å². The van der Waals surface area contributed by atoms with E-state index in [2.05, 4.69) is 5.32 Å². The number of rotatable bonds is 8. The monoisotopic (exact) mass is 368 g/mol. The van der Waals surface area contributed by atoms with Crippen molar-refractivity contribution in [1.29, 1.82) is 0 Å². The molecule has 1 N–H and O–H groups in total. The molecule has 0 aliphatic heterocycles. The molecule has 0 saturated heterocycles. The van der Waals surface area contributed by atoms with E-state index in [0.29, 0.717) is 12.3 Å². The van der Waals surface area contributed by atoms with E-state index in [0.717, 1.165) is 28.8 Å². The molecule has 0 radical (unpaired) electrons. The molecule has 5 nitrogen and oxygen atoms in total. The van der Waals surface area contributed by atoms with Crippen LogP contribution >= 0.6 is 0 Å². The molecular weight excluding hydrogens is 340 g/mol. The number of ether oxygens (including phenoxy) is 1. The van der Waals surface area contributed by atoms with E-state index in [1.165, 1.54) is 0 Å². The van der Waals surface area contributed by atoms with E-state index in [1.54, 1.807) is 4.90 Å². The number of anilines is 1. The van der Waals surface area contributed by atoms with Gasteiger partial charge < -0.3 is 15.0 Å². The summed E-state index contributed by atoms with van der Waals surface area (Å²) in [5.74, 6) is 0.291. The van der Waals surface area contributed by atoms with Gasteiger partial charge in [0.25, 0.3) is 5.91 Å². The first-order valence-electron chi connectivity index (χ1n) is 9.24. The smallest absolute Gasteiger partial charge is 0.260 e. The quantitative estimate of drug-likeness (QED) is 0.769. The van der Waals surface area contributed by atoms with Crippen LogP contribution in [0.25, 0.3) is 0 Å². The number of aryl methyl sites for hydroxylation is 3. The van der Waals surface area contributed by atoms with Gasteiger partial charge in [0.15, 0.2) is 6.61 Å². The Bertz CT molecular complexity index is 802. The minimum absolute atomic E-state index is 0.0111. The number of nitrogens with zero attached hydrogens (tertiary/aromatic N) is 1. The second kappa shape index (κ2) is 9.76. The molecule has 0 aliphatic carbocycles. The van der Waals surface area contributed by atoms with Crippen LogP contribution in [0, 0.1) is 20.8 Å². The van der Waals surface area contributed by atoms with E-state index < -0.39 is 0 Å². The van der Waals surface area contributed by atoms with Crippen molar-refractivity contribution in [2.75, 3.05) is 25.0 Å². The summed E-state index contributed by atoms with van der Waals surface area (Å²) in [6.07, 6.45) is 0.771. The van der Waals surface area contributed by atoms with Crippen molar-refractivity contribution < 1.29 is 14.3 Å². The van der Waals surface area contributed by atoms with Crippen LogP contribution < -0.4 is 10.1 Å². The zero-order chi connectivity index (χ0) is 19.8. The van der Waals surface area contributed by atoms with Gasteiger partial charge in [-0.2, -0.15) is 0 Å². The van der Waals surface area contributed by atoms with Crippen LogP contribution in [0.4, 0.5) is 5.69 Å². The minimum atomic E-state index is -0.210. The summed E-state index contributed by atoms with van der Waals surface area (Å²) >= 11 is 0. The Morgan fingerprint density at radius 2 is 1.78 bits per heavy atom. The van der Waals surface area contributed by atoms with Crippen LogP contribution in [-0.4, -0.2) is 36.4 Å². The molecule has 5 heteroatoms. The Hall–Kier alpha value is -2.82. The third kappa shape index (κ3) is 6.13. The number of hydrogen-bond acceptors (Lipinski definition) is 3. The number of carbonyl (C=O) groups is 2. The average Bonchev–Trinajstić information content (AvgIpc) is 2.63. The molecule has 0 aliphatic rings. The van der Waals surface area contributed by atoms with Crippen molar-refractivity contribution in [1.82, 2.24) is 4.90 Å². The van der Waals surface area contributed by atoms with Crippen molar-refractivity contribution >= 4 is 17.5 Å². The zero-order valence-electron chi connectivity index (χ0n) is 16.5. The Morgan fingerprint density at radius 1 is 1.04 bits per heavy atom. The SMILES string of the molecule is CCCN(CC(=O)Nc1ccccc1C)C(=O)COc1cc(C)ccc1C. The molecule has 0 bridgehead atoms. The van der Waals surface area contributed by atoms with Gasteiger partial charge in [-0.1, -0.05) is 37.3 Å². The summed E-state index contributed by atoms with van der Waals surface area (Å²) in [4.78, 5) is 26.5. The van der Waals surface area contributed by atoms with E-state index in [4.69, 9.17) is 4.74 Å². The molecule has 0 spiro atoms. The normalized spacial score (nSPS) is 10.4. The maximum Gasteiger partial charge on any atom is 0.260 e. The average molecular weight is 368 g/mol.